The van der Waals surface area contributed by atoms with Crippen LogP contribution in [-0.2, 0) is 11.3 Å². The van der Waals surface area contributed by atoms with Crippen LogP contribution < -0.4 is 44.7 Å². The second kappa shape index (κ2) is 12.1. The number of nitrogens with one attached hydrogen (secondary N) is 1. The molecule has 1 aromatic heterocycles. The summed E-state index contributed by atoms with van der Waals surface area (Å²) in [5.41, 5.74) is 3.27. The number of carboxylic acids is 1. The molecule has 30 heavy (non-hydrogen) atoms. The third kappa shape index (κ3) is 7.24. The SMILES string of the molecule is CC(C)Oc1ccc(-c2ncc(-c3ccc(CNCCC(=O)[O-])cc3)[se]2)cc1Cl.[Na+]. The van der Waals surface area contributed by atoms with E-state index in [9.17, 15) is 9.90 Å². The van der Waals surface area contributed by atoms with Crippen LogP contribution >= 0.6 is 11.6 Å². The van der Waals surface area contributed by atoms with Crippen LogP contribution in [0, 0.1) is 0 Å². The monoisotopic (exact) mass is 500 g/mol. The molecular formula is C22H22ClN2NaO3Se. The number of carboxylic acid groups (broad SMARTS) is 1. The van der Waals surface area contributed by atoms with Crippen molar-refractivity contribution in [2.75, 3.05) is 6.54 Å². The zero-order valence-corrected chi connectivity index (χ0v) is 21.7. The first-order valence-corrected chi connectivity index (χ1v) is 11.4. The number of benzene rings is 2. The molecule has 0 radical (unpaired) electrons. The molecule has 0 atom stereocenters. The Kier molecular flexibility index (Phi) is 10.1. The maximum absolute atomic E-state index is 10.4. The van der Waals surface area contributed by atoms with Crippen molar-refractivity contribution >= 4 is 32.1 Å². The summed E-state index contributed by atoms with van der Waals surface area (Å²) in [6, 6.07) is 14.1. The van der Waals surface area contributed by atoms with Crippen molar-refractivity contribution < 1.29 is 44.2 Å². The van der Waals surface area contributed by atoms with Crippen LogP contribution in [0.15, 0.2) is 48.7 Å². The summed E-state index contributed by atoms with van der Waals surface area (Å²) in [7, 11) is 0. The topological polar surface area (TPSA) is 74.3 Å². The number of halogens is 1. The number of aliphatic carboxylic acids is 1. The number of ether oxygens (including phenoxy) is 1. The zero-order valence-electron chi connectivity index (χ0n) is 17.3. The maximum Gasteiger partial charge on any atom is 1.00 e. The summed E-state index contributed by atoms with van der Waals surface area (Å²) < 4.78 is 7.95. The van der Waals surface area contributed by atoms with Gasteiger partial charge < -0.3 is 0 Å². The smallest absolute Gasteiger partial charge is 1.00 e. The fourth-order valence-electron chi connectivity index (χ4n) is 2.73. The van der Waals surface area contributed by atoms with Gasteiger partial charge in [-0.2, -0.15) is 0 Å². The second-order valence-electron chi connectivity index (χ2n) is 6.84. The molecule has 0 fully saturated rings. The number of hydrogen-bond acceptors (Lipinski definition) is 5. The van der Waals surface area contributed by atoms with Crippen molar-refractivity contribution in [3.05, 3.63) is 59.2 Å². The van der Waals surface area contributed by atoms with Crippen LogP contribution in [-0.4, -0.2) is 38.1 Å². The molecule has 0 saturated heterocycles. The zero-order chi connectivity index (χ0) is 20.8. The molecule has 2 aromatic carbocycles. The summed E-state index contributed by atoms with van der Waals surface area (Å²) in [4.78, 5) is 15.0. The molecule has 0 aliphatic carbocycles. The minimum Gasteiger partial charge on any atom is 1.00 e. The van der Waals surface area contributed by atoms with Crippen LogP contribution in [0.5, 0.6) is 5.75 Å². The van der Waals surface area contributed by atoms with E-state index in [1.807, 2.05) is 50.4 Å². The van der Waals surface area contributed by atoms with Gasteiger partial charge in [-0.1, -0.05) is 0 Å². The molecule has 1 N–H and O–H groups in total. The number of nitrogens with zero attached hydrogens (tertiary/aromatic N) is 1. The van der Waals surface area contributed by atoms with Gasteiger partial charge in [0.2, 0.25) is 0 Å². The quantitative estimate of drug-likeness (QED) is 0.335. The van der Waals surface area contributed by atoms with Gasteiger partial charge in [-0.05, 0) is 0 Å². The van der Waals surface area contributed by atoms with Crippen LogP contribution in [0.3, 0.4) is 0 Å². The number of rotatable bonds is 9. The number of hydrogen-bond donors (Lipinski definition) is 1. The van der Waals surface area contributed by atoms with Gasteiger partial charge in [0.25, 0.3) is 0 Å². The van der Waals surface area contributed by atoms with Gasteiger partial charge in [-0.25, -0.2) is 0 Å². The number of carbonyl (C=O) groups is 1. The molecule has 0 saturated carbocycles. The van der Waals surface area contributed by atoms with Gasteiger partial charge in [0, 0.05) is 0 Å². The van der Waals surface area contributed by atoms with E-state index in [1.54, 1.807) is 0 Å². The van der Waals surface area contributed by atoms with Gasteiger partial charge in [0.1, 0.15) is 0 Å². The van der Waals surface area contributed by atoms with E-state index < -0.39 is 5.97 Å². The molecule has 5 nitrogen and oxygen atoms in total. The largest absolute Gasteiger partial charge is 1.00 e. The molecule has 0 spiro atoms. The van der Waals surface area contributed by atoms with Gasteiger partial charge in [0.05, 0.1) is 0 Å². The molecular weight excluding hydrogens is 478 g/mol. The summed E-state index contributed by atoms with van der Waals surface area (Å²) in [6.45, 7) is 4.97. The first-order chi connectivity index (χ1) is 13.9. The molecule has 1 heterocycles. The molecule has 0 amide bonds. The number of carbonyl (C=O) groups excluding carboxylic acids is 1. The third-order valence-electron chi connectivity index (χ3n) is 4.12. The van der Waals surface area contributed by atoms with E-state index >= 15 is 0 Å². The van der Waals surface area contributed by atoms with Crippen molar-refractivity contribution in [3.8, 4) is 25.9 Å². The third-order valence-corrected chi connectivity index (χ3v) is 6.71. The summed E-state index contributed by atoms with van der Waals surface area (Å²) >= 11 is 6.46. The molecule has 152 valence electrons. The minimum absolute atomic E-state index is 0. The minimum atomic E-state index is -1.04. The Labute approximate surface area is 209 Å². The van der Waals surface area contributed by atoms with E-state index in [1.165, 1.54) is 4.44 Å². The van der Waals surface area contributed by atoms with E-state index in [0.29, 0.717) is 23.9 Å². The van der Waals surface area contributed by atoms with E-state index in [2.05, 4.69) is 22.4 Å². The van der Waals surface area contributed by atoms with Gasteiger partial charge in [-0.3, -0.25) is 0 Å². The van der Waals surface area contributed by atoms with Gasteiger partial charge >= 0.3 is 211 Å². The predicted molar refractivity (Wildman–Crippen MR) is 114 cm³/mol. The average Bonchev–Trinajstić information content (AvgIpc) is 3.17. The Bertz CT molecular complexity index is 977. The second-order valence-corrected chi connectivity index (χ2v) is 9.41. The number of aromatic nitrogens is 1. The summed E-state index contributed by atoms with van der Waals surface area (Å²) in [6.07, 6.45) is 2.02. The maximum atomic E-state index is 10.4. The van der Waals surface area contributed by atoms with Crippen LogP contribution in [0.1, 0.15) is 25.8 Å². The first-order valence-electron chi connectivity index (χ1n) is 9.34. The van der Waals surface area contributed by atoms with Gasteiger partial charge in [0.15, 0.2) is 0 Å². The van der Waals surface area contributed by atoms with Crippen molar-refractivity contribution in [2.24, 2.45) is 0 Å². The standard InChI is InChI=1S/C22H23ClN2O3Se.Na/c1-14(2)28-19-8-7-17(11-18(19)23)22-25-13-20(29-22)16-5-3-15(4-6-16)12-24-10-9-21(26)27;/h3-8,11,13-14,24H,9-10,12H2,1-2H3,(H,26,27);/q;+1/p-1. The Balaban J connectivity index is 0.00000320. The van der Waals surface area contributed by atoms with E-state index in [4.69, 9.17) is 16.3 Å². The molecule has 0 unspecified atom stereocenters. The van der Waals surface area contributed by atoms with Crippen molar-refractivity contribution in [3.63, 3.8) is 0 Å². The van der Waals surface area contributed by atoms with Gasteiger partial charge in [-0.15, -0.1) is 0 Å². The van der Waals surface area contributed by atoms with Crippen molar-refractivity contribution in [2.45, 2.75) is 32.9 Å². The average molecular weight is 500 g/mol. The van der Waals surface area contributed by atoms with Crippen molar-refractivity contribution in [1.82, 2.24) is 10.3 Å². The summed E-state index contributed by atoms with van der Waals surface area (Å²) in [5, 5.41) is 14.1. The molecule has 3 aromatic rings. The van der Waals surface area contributed by atoms with E-state index in [-0.39, 0.29) is 56.6 Å². The molecule has 8 heteroatoms. The Morgan fingerprint density at radius 1 is 1.20 bits per heavy atom. The Morgan fingerprint density at radius 2 is 1.90 bits per heavy atom. The molecule has 3 rings (SSSR count). The predicted octanol–water partition coefficient (Wildman–Crippen LogP) is 0.147. The Hall–Kier alpha value is -1.11. The summed E-state index contributed by atoms with van der Waals surface area (Å²) in [5.74, 6) is -0.351. The molecule has 0 aliphatic heterocycles. The van der Waals surface area contributed by atoms with Crippen LogP contribution in [0.4, 0.5) is 0 Å². The fraction of sp³-hybridized carbons (Fsp3) is 0.273. The first kappa shape index (κ1) is 25.2. The molecule has 0 bridgehead atoms. The fourth-order valence-corrected chi connectivity index (χ4v) is 4.89. The van der Waals surface area contributed by atoms with Crippen LogP contribution in [0.25, 0.3) is 20.1 Å². The molecule has 0 aliphatic rings. The Morgan fingerprint density at radius 3 is 2.53 bits per heavy atom. The van der Waals surface area contributed by atoms with Crippen molar-refractivity contribution in [1.29, 1.82) is 0 Å². The van der Waals surface area contributed by atoms with Crippen LogP contribution in [0.2, 0.25) is 5.02 Å². The normalized spacial score (nSPS) is 10.7. The van der Waals surface area contributed by atoms with E-state index in [0.717, 1.165) is 21.3 Å².